The molecular weight excluding hydrogens is 411 g/mol. The zero-order valence-corrected chi connectivity index (χ0v) is 18.0. The summed E-state index contributed by atoms with van der Waals surface area (Å²) in [5.41, 5.74) is 1.60. The van der Waals surface area contributed by atoms with Crippen molar-refractivity contribution in [3.63, 3.8) is 0 Å². The van der Waals surface area contributed by atoms with Crippen molar-refractivity contribution in [1.82, 2.24) is 29.5 Å². The molecule has 0 amide bonds. The summed E-state index contributed by atoms with van der Waals surface area (Å²) in [6, 6.07) is 5.46. The van der Waals surface area contributed by atoms with Crippen molar-refractivity contribution in [3.05, 3.63) is 69.1 Å². The molecule has 0 bridgehead atoms. The molecule has 7 nitrogen and oxygen atoms in total. The summed E-state index contributed by atoms with van der Waals surface area (Å²) in [4.78, 5) is 8.82. The van der Waals surface area contributed by atoms with E-state index in [1.54, 1.807) is 30.2 Å². The number of aromatic nitrogens is 6. The molecule has 3 aromatic heterocycles. The molecule has 9 heteroatoms. The average molecular weight is 431 g/mol. The van der Waals surface area contributed by atoms with Gasteiger partial charge in [-0.1, -0.05) is 41.4 Å². The third kappa shape index (κ3) is 2.92. The smallest absolute Gasteiger partial charge is 0.175 e. The molecule has 0 fully saturated rings. The number of aliphatic hydroxyl groups is 1. The van der Waals surface area contributed by atoms with Gasteiger partial charge in [-0.2, -0.15) is 0 Å². The van der Waals surface area contributed by atoms with Crippen molar-refractivity contribution in [2.75, 3.05) is 0 Å². The van der Waals surface area contributed by atoms with E-state index >= 15 is 0 Å². The fourth-order valence-electron chi connectivity index (χ4n) is 3.64. The Kier molecular flexibility index (Phi) is 4.85. The first kappa shape index (κ1) is 19.8. The van der Waals surface area contributed by atoms with Crippen LogP contribution in [0.4, 0.5) is 0 Å². The number of hydrogen-bond acceptors (Lipinski definition) is 5. The summed E-state index contributed by atoms with van der Waals surface area (Å²) in [6.07, 6.45) is 3.86. The SMILES string of the molecule is CCc1c(Cl)nc2ccc(C(O)(c3cnnn3C)c3cnc(C)n3C)cc2c1Cl. The predicted molar refractivity (Wildman–Crippen MR) is 112 cm³/mol. The summed E-state index contributed by atoms with van der Waals surface area (Å²) < 4.78 is 3.39. The molecule has 0 aliphatic heterocycles. The normalized spacial score (nSPS) is 13.8. The molecule has 1 unspecified atom stereocenters. The van der Waals surface area contributed by atoms with Gasteiger partial charge in [0.1, 0.15) is 16.7 Å². The minimum absolute atomic E-state index is 0.395. The highest BCUT2D eigenvalue weighted by molar-refractivity contribution is 6.39. The van der Waals surface area contributed by atoms with E-state index in [1.807, 2.05) is 37.6 Å². The fourth-order valence-corrected chi connectivity index (χ4v) is 4.39. The largest absolute Gasteiger partial charge is 0.373 e. The Bertz CT molecular complexity index is 1230. The number of fused-ring (bicyclic) bond motifs is 1. The van der Waals surface area contributed by atoms with Crippen molar-refractivity contribution in [2.45, 2.75) is 25.9 Å². The van der Waals surface area contributed by atoms with Crippen LogP contribution >= 0.6 is 23.2 Å². The Morgan fingerprint density at radius 1 is 1.14 bits per heavy atom. The monoisotopic (exact) mass is 430 g/mol. The van der Waals surface area contributed by atoms with E-state index in [0.29, 0.717) is 39.1 Å². The van der Waals surface area contributed by atoms with Gasteiger partial charge in [0.25, 0.3) is 0 Å². The Morgan fingerprint density at radius 3 is 2.48 bits per heavy atom. The topological polar surface area (TPSA) is 81.7 Å². The van der Waals surface area contributed by atoms with Crippen molar-refractivity contribution in [2.24, 2.45) is 14.1 Å². The van der Waals surface area contributed by atoms with Crippen LogP contribution in [0.3, 0.4) is 0 Å². The second-order valence-corrected chi connectivity index (χ2v) is 7.72. The zero-order valence-electron chi connectivity index (χ0n) is 16.5. The zero-order chi connectivity index (χ0) is 20.9. The molecule has 0 radical (unpaired) electrons. The van der Waals surface area contributed by atoms with Crippen molar-refractivity contribution >= 4 is 34.1 Å². The summed E-state index contributed by atoms with van der Waals surface area (Å²) in [5.74, 6) is 0.772. The lowest BCUT2D eigenvalue weighted by molar-refractivity contribution is 0.108. The molecule has 150 valence electrons. The molecule has 0 aliphatic rings. The van der Waals surface area contributed by atoms with Gasteiger partial charge >= 0.3 is 0 Å². The molecule has 0 saturated carbocycles. The number of aryl methyl sites for hydroxylation is 2. The number of pyridine rings is 1. The molecule has 0 spiro atoms. The summed E-state index contributed by atoms with van der Waals surface area (Å²) in [7, 11) is 3.60. The van der Waals surface area contributed by atoms with E-state index in [4.69, 9.17) is 23.2 Å². The first-order valence-corrected chi connectivity index (χ1v) is 9.89. The highest BCUT2D eigenvalue weighted by Crippen LogP contribution is 2.39. The third-order valence-corrected chi connectivity index (χ3v) is 6.16. The highest BCUT2D eigenvalue weighted by Gasteiger charge is 2.40. The van der Waals surface area contributed by atoms with Gasteiger partial charge in [-0.3, -0.25) is 0 Å². The van der Waals surface area contributed by atoms with Gasteiger partial charge in [-0.15, -0.1) is 5.10 Å². The van der Waals surface area contributed by atoms with Gasteiger partial charge in [-0.05, 0) is 31.0 Å². The molecule has 1 atom stereocenters. The number of nitrogens with zero attached hydrogens (tertiary/aromatic N) is 6. The van der Waals surface area contributed by atoms with E-state index in [2.05, 4.69) is 20.3 Å². The van der Waals surface area contributed by atoms with Crippen molar-refractivity contribution in [1.29, 1.82) is 0 Å². The number of hydrogen-bond donors (Lipinski definition) is 1. The minimum atomic E-state index is -1.54. The lowest BCUT2D eigenvalue weighted by Crippen LogP contribution is -2.33. The van der Waals surface area contributed by atoms with E-state index in [0.717, 1.165) is 16.8 Å². The van der Waals surface area contributed by atoms with E-state index in [1.165, 1.54) is 0 Å². The molecule has 1 aromatic carbocycles. The second kappa shape index (κ2) is 7.09. The van der Waals surface area contributed by atoms with Crippen LogP contribution in [0.5, 0.6) is 0 Å². The maximum Gasteiger partial charge on any atom is 0.175 e. The van der Waals surface area contributed by atoms with Crippen LogP contribution in [0, 0.1) is 6.92 Å². The van der Waals surface area contributed by atoms with E-state index in [-0.39, 0.29) is 0 Å². The lowest BCUT2D eigenvalue weighted by atomic mass is 9.86. The number of imidazole rings is 1. The Labute approximate surface area is 177 Å². The van der Waals surface area contributed by atoms with Crippen LogP contribution in [0.15, 0.2) is 30.6 Å². The Balaban J connectivity index is 2.05. The standard InChI is InChI=1S/C20H20Cl2N6O/c1-5-13-18(21)14-8-12(6-7-15(14)25-19(13)22)20(29,17-10-24-26-28(17)4)16-9-23-11(2)27(16)3/h6-10,29H,5H2,1-4H3. The lowest BCUT2D eigenvalue weighted by Gasteiger charge is -2.29. The van der Waals surface area contributed by atoms with Crippen LogP contribution < -0.4 is 0 Å². The summed E-state index contributed by atoms with van der Waals surface area (Å²) >= 11 is 12.9. The van der Waals surface area contributed by atoms with Gasteiger partial charge in [0.2, 0.25) is 0 Å². The first-order chi connectivity index (χ1) is 13.8. The fraction of sp³-hybridized carbons (Fsp3) is 0.300. The van der Waals surface area contributed by atoms with Gasteiger partial charge in [0.05, 0.1) is 28.6 Å². The second-order valence-electron chi connectivity index (χ2n) is 6.98. The van der Waals surface area contributed by atoms with Crippen LogP contribution in [0.1, 0.15) is 35.3 Å². The summed E-state index contributed by atoms with van der Waals surface area (Å²) in [5, 5.41) is 21.7. The predicted octanol–water partition coefficient (Wildman–Crippen LogP) is 3.56. The van der Waals surface area contributed by atoms with E-state index in [9.17, 15) is 5.11 Å². The number of rotatable bonds is 4. The van der Waals surface area contributed by atoms with Gasteiger partial charge in [0.15, 0.2) is 5.60 Å². The van der Waals surface area contributed by atoms with E-state index < -0.39 is 5.60 Å². The number of halogens is 2. The van der Waals surface area contributed by atoms with Crippen LogP contribution in [0.25, 0.3) is 10.9 Å². The minimum Gasteiger partial charge on any atom is -0.373 e. The van der Waals surface area contributed by atoms with Gasteiger partial charge in [0, 0.05) is 25.0 Å². The highest BCUT2D eigenvalue weighted by atomic mass is 35.5. The molecule has 4 rings (SSSR count). The van der Waals surface area contributed by atoms with Gasteiger partial charge < -0.3 is 9.67 Å². The Morgan fingerprint density at radius 2 is 1.90 bits per heavy atom. The number of benzene rings is 1. The molecular formula is C20H20Cl2N6O. The molecule has 1 N–H and O–H groups in total. The van der Waals surface area contributed by atoms with Gasteiger partial charge in [-0.25, -0.2) is 14.6 Å². The third-order valence-electron chi connectivity index (χ3n) is 5.41. The maximum absolute atomic E-state index is 12.1. The summed E-state index contributed by atoms with van der Waals surface area (Å²) in [6.45, 7) is 3.85. The molecule has 0 aliphatic carbocycles. The Hall–Kier alpha value is -2.48. The van der Waals surface area contributed by atoms with Crippen LogP contribution in [0.2, 0.25) is 10.2 Å². The van der Waals surface area contributed by atoms with Crippen LogP contribution in [-0.2, 0) is 26.1 Å². The molecule has 3 heterocycles. The van der Waals surface area contributed by atoms with Crippen LogP contribution in [-0.4, -0.2) is 34.6 Å². The quantitative estimate of drug-likeness (QED) is 0.500. The van der Waals surface area contributed by atoms with Crippen molar-refractivity contribution in [3.8, 4) is 0 Å². The molecule has 29 heavy (non-hydrogen) atoms. The molecule has 4 aromatic rings. The average Bonchev–Trinajstić information content (AvgIpc) is 3.27. The maximum atomic E-state index is 12.1. The molecule has 0 saturated heterocycles. The first-order valence-electron chi connectivity index (χ1n) is 9.13. The van der Waals surface area contributed by atoms with Crippen molar-refractivity contribution < 1.29 is 5.11 Å².